The second kappa shape index (κ2) is 7.74. The van der Waals surface area contributed by atoms with Gasteiger partial charge in [-0.15, -0.1) is 0 Å². The van der Waals surface area contributed by atoms with Crippen LogP contribution in [-0.2, 0) is 4.79 Å². The number of aliphatic carboxylic acids is 1. The summed E-state index contributed by atoms with van der Waals surface area (Å²) in [5, 5.41) is 14.0. The van der Waals surface area contributed by atoms with Crippen LogP contribution in [0.1, 0.15) is 19.8 Å². The summed E-state index contributed by atoms with van der Waals surface area (Å²) in [5.41, 5.74) is 0.458. The van der Waals surface area contributed by atoms with Crippen molar-refractivity contribution in [2.45, 2.75) is 25.8 Å². The van der Waals surface area contributed by atoms with Crippen molar-refractivity contribution in [1.29, 1.82) is 0 Å². The van der Waals surface area contributed by atoms with Crippen molar-refractivity contribution in [1.82, 2.24) is 5.32 Å². The molecule has 0 aromatic heterocycles. The van der Waals surface area contributed by atoms with Crippen LogP contribution in [0, 0.1) is 0 Å². The smallest absolute Gasteiger partial charge is 0.326 e. The molecule has 3 N–H and O–H groups in total. The first-order chi connectivity index (χ1) is 9.47. The van der Waals surface area contributed by atoms with Crippen LogP contribution < -0.4 is 15.4 Å². The van der Waals surface area contributed by atoms with Gasteiger partial charge in [-0.25, -0.2) is 9.59 Å². The average Bonchev–Trinajstić information content (AvgIpc) is 2.38. The fraction of sp³-hybridized carbons (Fsp3) is 0.385. The highest BCUT2D eigenvalue weighted by molar-refractivity contribution is 9.10. The molecule has 0 bridgehead atoms. The van der Waals surface area contributed by atoms with E-state index in [-0.39, 0.29) is 0 Å². The van der Waals surface area contributed by atoms with Crippen LogP contribution in [0.4, 0.5) is 10.5 Å². The zero-order chi connectivity index (χ0) is 15.1. The fourth-order valence-electron chi connectivity index (χ4n) is 1.64. The van der Waals surface area contributed by atoms with Gasteiger partial charge in [0.15, 0.2) is 0 Å². The molecule has 0 aliphatic rings. The Hall–Kier alpha value is -1.76. The molecule has 0 aliphatic heterocycles. The number of halogens is 1. The summed E-state index contributed by atoms with van der Waals surface area (Å²) in [4.78, 5) is 22.8. The molecular weight excluding hydrogens is 328 g/mol. The number of methoxy groups -OCH3 is 1. The van der Waals surface area contributed by atoms with Gasteiger partial charge in [-0.2, -0.15) is 0 Å². The quantitative estimate of drug-likeness (QED) is 0.740. The summed E-state index contributed by atoms with van der Waals surface area (Å²) in [5.74, 6) is -0.561. The van der Waals surface area contributed by atoms with E-state index in [2.05, 4.69) is 26.6 Å². The monoisotopic (exact) mass is 344 g/mol. The highest BCUT2D eigenvalue weighted by Gasteiger charge is 2.19. The molecular formula is C13H17BrN2O4. The predicted octanol–water partition coefficient (Wildman–Crippen LogP) is 2.83. The van der Waals surface area contributed by atoms with E-state index in [0.717, 1.165) is 4.47 Å². The molecule has 1 atom stereocenters. The third kappa shape index (κ3) is 4.73. The molecule has 110 valence electrons. The Labute approximate surface area is 125 Å². The van der Waals surface area contributed by atoms with Gasteiger partial charge in [0, 0.05) is 4.47 Å². The van der Waals surface area contributed by atoms with Gasteiger partial charge in [-0.1, -0.05) is 29.3 Å². The number of carboxylic acids is 1. The van der Waals surface area contributed by atoms with Crippen molar-refractivity contribution in [3.8, 4) is 5.75 Å². The molecule has 1 aromatic carbocycles. The Morgan fingerprint density at radius 1 is 1.45 bits per heavy atom. The molecule has 2 amide bonds. The number of amides is 2. The molecule has 0 aliphatic carbocycles. The van der Waals surface area contributed by atoms with Crippen LogP contribution in [0.25, 0.3) is 0 Å². The molecule has 6 nitrogen and oxygen atoms in total. The molecule has 1 rings (SSSR count). The van der Waals surface area contributed by atoms with E-state index in [1.807, 2.05) is 6.92 Å². The number of benzene rings is 1. The van der Waals surface area contributed by atoms with Gasteiger partial charge in [0.25, 0.3) is 0 Å². The lowest BCUT2D eigenvalue weighted by Crippen LogP contribution is -2.42. The minimum atomic E-state index is -1.05. The van der Waals surface area contributed by atoms with Gasteiger partial charge in [-0.05, 0) is 24.6 Å². The van der Waals surface area contributed by atoms with Crippen molar-refractivity contribution in [2.24, 2.45) is 0 Å². The van der Waals surface area contributed by atoms with Crippen LogP contribution in [0.3, 0.4) is 0 Å². The van der Waals surface area contributed by atoms with Crippen molar-refractivity contribution < 1.29 is 19.4 Å². The number of carbonyl (C=O) groups is 2. The first-order valence-corrected chi connectivity index (χ1v) is 6.91. The van der Waals surface area contributed by atoms with Crippen LogP contribution in [0.2, 0.25) is 0 Å². The van der Waals surface area contributed by atoms with Gasteiger partial charge in [0.1, 0.15) is 11.8 Å². The second-order valence-electron chi connectivity index (χ2n) is 4.12. The van der Waals surface area contributed by atoms with Gasteiger partial charge in [-0.3, -0.25) is 0 Å². The third-order valence-corrected chi connectivity index (χ3v) is 3.08. The van der Waals surface area contributed by atoms with E-state index in [1.54, 1.807) is 18.2 Å². The van der Waals surface area contributed by atoms with E-state index >= 15 is 0 Å². The topological polar surface area (TPSA) is 87.7 Å². The van der Waals surface area contributed by atoms with Crippen molar-refractivity contribution in [3.63, 3.8) is 0 Å². The molecule has 0 saturated carbocycles. The number of urea groups is 1. The summed E-state index contributed by atoms with van der Waals surface area (Å²) in [7, 11) is 1.49. The van der Waals surface area contributed by atoms with Gasteiger partial charge >= 0.3 is 12.0 Å². The molecule has 0 radical (unpaired) electrons. The third-order valence-electron chi connectivity index (χ3n) is 2.59. The van der Waals surface area contributed by atoms with Gasteiger partial charge in [0.2, 0.25) is 0 Å². The van der Waals surface area contributed by atoms with Crippen LogP contribution in [-0.4, -0.2) is 30.3 Å². The minimum Gasteiger partial charge on any atom is -0.495 e. The fourth-order valence-corrected chi connectivity index (χ4v) is 2.00. The number of carbonyl (C=O) groups excluding carboxylic acids is 1. The standard InChI is InChI=1S/C13H17BrN2O4/c1-3-4-9(12(17)18)15-13(19)16-10-7-8(14)5-6-11(10)20-2/h5-7,9H,3-4H2,1-2H3,(H,17,18)(H2,15,16,19). The lowest BCUT2D eigenvalue weighted by molar-refractivity contribution is -0.139. The zero-order valence-corrected chi connectivity index (χ0v) is 12.9. The first-order valence-electron chi connectivity index (χ1n) is 6.11. The lowest BCUT2D eigenvalue weighted by Gasteiger charge is -2.15. The highest BCUT2D eigenvalue weighted by atomic mass is 79.9. The van der Waals surface area contributed by atoms with Crippen LogP contribution in [0.15, 0.2) is 22.7 Å². The maximum absolute atomic E-state index is 11.8. The van der Waals surface area contributed by atoms with E-state index in [9.17, 15) is 9.59 Å². The normalized spacial score (nSPS) is 11.6. The summed E-state index contributed by atoms with van der Waals surface area (Å²) >= 11 is 3.29. The van der Waals surface area contributed by atoms with Gasteiger partial charge < -0.3 is 20.5 Å². The summed E-state index contributed by atoms with van der Waals surface area (Å²) in [6, 6.07) is 3.66. The van der Waals surface area contributed by atoms with Crippen LogP contribution >= 0.6 is 15.9 Å². The average molecular weight is 345 g/mol. The van der Waals surface area contributed by atoms with Crippen molar-refractivity contribution in [3.05, 3.63) is 22.7 Å². The first kappa shape index (κ1) is 16.3. The molecule has 0 heterocycles. The SMILES string of the molecule is CCCC(NC(=O)Nc1cc(Br)ccc1OC)C(=O)O. The molecule has 0 spiro atoms. The molecule has 1 aromatic rings. The zero-order valence-electron chi connectivity index (χ0n) is 11.3. The molecule has 20 heavy (non-hydrogen) atoms. The van der Waals surface area contributed by atoms with E-state index < -0.39 is 18.0 Å². The summed E-state index contributed by atoms with van der Waals surface area (Å²) in [6.07, 6.45) is 1.04. The number of carboxylic acid groups (broad SMARTS) is 1. The number of hydrogen-bond acceptors (Lipinski definition) is 3. The Kier molecular flexibility index (Phi) is 6.30. The number of anilines is 1. The van der Waals surface area contributed by atoms with Crippen molar-refractivity contribution >= 4 is 33.6 Å². The summed E-state index contributed by atoms with van der Waals surface area (Å²) < 4.78 is 5.90. The lowest BCUT2D eigenvalue weighted by atomic mass is 10.2. The van der Waals surface area contributed by atoms with E-state index in [1.165, 1.54) is 7.11 Å². The van der Waals surface area contributed by atoms with E-state index in [0.29, 0.717) is 24.3 Å². The Bertz CT molecular complexity index is 493. The minimum absolute atomic E-state index is 0.373. The largest absolute Gasteiger partial charge is 0.495 e. The number of hydrogen-bond donors (Lipinski definition) is 3. The number of nitrogens with one attached hydrogen (secondary N) is 2. The molecule has 1 unspecified atom stereocenters. The second-order valence-corrected chi connectivity index (χ2v) is 5.04. The van der Waals surface area contributed by atoms with Gasteiger partial charge in [0.05, 0.1) is 12.8 Å². The number of ether oxygens (including phenoxy) is 1. The molecule has 0 fully saturated rings. The molecule has 7 heteroatoms. The number of rotatable bonds is 6. The highest BCUT2D eigenvalue weighted by Crippen LogP contribution is 2.27. The summed E-state index contributed by atoms with van der Waals surface area (Å²) in [6.45, 7) is 1.85. The Balaban J connectivity index is 2.75. The van der Waals surface area contributed by atoms with Crippen LogP contribution in [0.5, 0.6) is 5.75 Å². The Morgan fingerprint density at radius 3 is 2.70 bits per heavy atom. The Morgan fingerprint density at radius 2 is 2.15 bits per heavy atom. The molecule has 0 saturated heterocycles. The maximum Gasteiger partial charge on any atom is 0.326 e. The van der Waals surface area contributed by atoms with E-state index in [4.69, 9.17) is 9.84 Å². The maximum atomic E-state index is 11.8. The predicted molar refractivity (Wildman–Crippen MR) is 79.2 cm³/mol. The van der Waals surface area contributed by atoms with Crippen molar-refractivity contribution in [2.75, 3.05) is 12.4 Å².